The molecule has 106 valence electrons. The van der Waals surface area contributed by atoms with Gasteiger partial charge < -0.3 is 10.1 Å². The molecule has 2 atom stereocenters. The second kappa shape index (κ2) is 5.75. The van der Waals surface area contributed by atoms with Crippen LogP contribution < -0.4 is 5.32 Å². The summed E-state index contributed by atoms with van der Waals surface area (Å²) in [7, 11) is 3.65. The summed E-state index contributed by atoms with van der Waals surface area (Å²) in [4.78, 5) is 9.32. The smallest absolute Gasteiger partial charge is 0.162 e. The Balaban J connectivity index is 2.46. The molecule has 1 saturated carbocycles. The minimum atomic E-state index is -0.325. The molecule has 0 aromatic carbocycles. The summed E-state index contributed by atoms with van der Waals surface area (Å²) >= 11 is 3.52. The lowest BCUT2D eigenvalue weighted by molar-refractivity contribution is -0.0646. The van der Waals surface area contributed by atoms with Gasteiger partial charge in [0.2, 0.25) is 0 Å². The zero-order chi connectivity index (χ0) is 14.0. The van der Waals surface area contributed by atoms with Crippen molar-refractivity contribution in [2.75, 3.05) is 19.5 Å². The highest BCUT2D eigenvalue weighted by molar-refractivity contribution is 9.10. The summed E-state index contributed by atoms with van der Waals surface area (Å²) in [6, 6.07) is 0. The van der Waals surface area contributed by atoms with Gasteiger partial charge in [0.1, 0.15) is 11.4 Å². The number of hydrogen-bond acceptors (Lipinski definition) is 4. The third kappa shape index (κ3) is 2.77. The Bertz CT molecular complexity index is 466. The van der Waals surface area contributed by atoms with Crippen molar-refractivity contribution in [3.63, 3.8) is 0 Å². The number of nitrogens with one attached hydrogen (secondary N) is 1. The lowest BCUT2D eigenvalue weighted by Gasteiger charge is -2.37. The van der Waals surface area contributed by atoms with Crippen molar-refractivity contribution in [1.29, 1.82) is 0 Å². The van der Waals surface area contributed by atoms with Crippen LogP contribution >= 0.6 is 15.9 Å². The van der Waals surface area contributed by atoms with E-state index in [-0.39, 0.29) is 5.60 Å². The van der Waals surface area contributed by atoms with Crippen LogP contribution in [0.2, 0.25) is 0 Å². The zero-order valence-electron chi connectivity index (χ0n) is 12.1. The third-order valence-corrected chi connectivity index (χ3v) is 4.96. The first-order chi connectivity index (χ1) is 9.02. The molecule has 1 fully saturated rings. The number of ether oxygens (including phenoxy) is 1. The molecule has 0 bridgehead atoms. The van der Waals surface area contributed by atoms with Gasteiger partial charge in [-0.1, -0.05) is 13.3 Å². The van der Waals surface area contributed by atoms with Gasteiger partial charge in [-0.3, -0.25) is 0 Å². The van der Waals surface area contributed by atoms with Crippen molar-refractivity contribution in [3.8, 4) is 0 Å². The van der Waals surface area contributed by atoms with Gasteiger partial charge in [-0.15, -0.1) is 0 Å². The zero-order valence-corrected chi connectivity index (χ0v) is 13.7. The average Bonchev–Trinajstić information content (AvgIpc) is 2.41. The number of rotatable bonds is 3. The Kier molecular flexibility index (Phi) is 4.46. The fourth-order valence-electron chi connectivity index (χ4n) is 2.91. The number of nitrogens with zero attached hydrogens (tertiary/aromatic N) is 2. The lowest BCUT2D eigenvalue weighted by atomic mass is 9.78. The summed E-state index contributed by atoms with van der Waals surface area (Å²) in [6.07, 6.45) is 4.42. The van der Waals surface area contributed by atoms with E-state index in [1.54, 1.807) is 7.11 Å². The highest BCUT2D eigenvalue weighted by Crippen LogP contribution is 2.42. The largest absolute Gasteiger partial charge is 0.372 e. The molecule has 2 unspecified atom stereocenters. The molecule has 5 heteroatoms. The number of halogens is 1. The Morgan fingerprint density at radius 1 is 1.42 bits per heavy atom. The molecule has 0 amide bonds. The molecule has 1 aromatic heterocycles. The summed E-state index contributed by atoms with van der Waals surface area (Å²) < 4.78 is 6.79. The van der Waals surface area contributed by atoms with Crippen LogP contribution in [-0.4, -0.2) is 24.1 Å². The van der Waals surface area contributed by atoms with Crippen LogP contribution in [0.1, 0.15) is 44.1 Å². The minimum Gasteiger partial charge on any atom is -0.372 e. The average molecular weight is 328 g/mol. The highest BCUT2D eigenvalue weighted by Gasteiger charge is 2.39. The molecule has 1 aliphatic rings. The van der Waals surface area contributed by atoms with Gasteiger partial charge in [-0.05, 0) is 48.0 Å². The predicted molar refractivity (Wildman–Crippen MR) is 80.3 cm³/mol. The second-order valence-corrected chi connectivity index (χ2v) is 6.24. The van der Waals surface area contributed by atoms with Crippen molar-refractivity contribution in [3.05, 3.63) is 16.0 Å². The van der Waals surface area contributed by atoms with Crippen LogP contribution in [0, 0.1) is 12.8 Å². The quantitative estimate of drug-likeness (QED) is 0.920. The van der Waals surface area contributed by atoms with E-state index in [1.165, 1.54) is 12.8 Å². The van der Waals surface area contributed by atoms with Gasteiger partial charge in [0.05, 0.1) is 10.2 Å². The number of aromatic nitrogens is 2. The molecule has 19 heavy (non-hydrogen) atoms. The van der Waals surface area contributed by atoms with E-state index in [0.29, 0.717) is 5.92 Å². The van der Waals surface area contributed by atoms with Crippen LogP contribution in [0.5, 0.6) is 0 Å². The topological polar surface area (TPSA) is 47.0 Å². The Morgan fingerprint density at radius 3 is 2.74 bits per heavy atom. The van der Waals surface area contributed by atoms with Gasteiger partial charge >= 0.3 is 0 Å². The fourth-order valence-corrected chi connectivity index (χ4v) is 3.29. The predicted octanol–water partition coefficient (Wildman–Crippen LogP) is 3.64. The Labute approximate surface area is 123 Å². The molecule has 2 rings (SSSR count). The lowest BCUT2D eigenvalue weighted by Crippen LogP contribution is -2.36. The fraction of sp³-hybridized carbons (Fsp3) is 0.714. The maximum absolute atomic E-state index is 5.86. The molecule has 0 spiro atoms. The van der Waals surface area contributed by atoms with Gasteiger partial charge in [-0.25, -0.2) is 9.97 Å². The van der Waals surface area contributed by atoms with Gasteiger partial charge in [0.15, 0.2) is 5.82 Å². The molecular formula is C14H22BrN3O. The van der Waals surface area contributed by atoms with Crippen LogP contribution in [0.15, 0.2) is 4.47 Å². The SMILES string of the molecule is CNc1nc(C2(OC)CCCC(C)C2)nc(C)c1Br. The molecular weight excluding hydrogens is 306 g/mol. The van der Waals surface area contributed by atoms with Crippen LogP contribution in [0.25, 0.3) is 0 Å². The molecule has 4 nitrogen and oxygen atoms in total. The van der Waals surface area contributed by atoms with Crippen LogP contribution in [-0.2, 0) is 10.3 Å². The number of hydrogen-bond donors (Lipinski definition) is 1. The second-order valence-electron chi connectivity index (χ2n) is 5.45. The van der Waals surface area contributed by atoms with Gasteiger partial charge in [0, 0.05) is 14.2 Å². The third-order valence-electron chi connectivity index (χ3n) is 4.01. The number of anilines is 1. The Morgan fingerprint density at radius 2 is 2.16 bits per heavy atom. The maximum Gasteiger partial charge on any atom is 0.162 e. The van der Waals surface area contributed by atoms with Crippen molar-refractivity contribution < 1.29 is 4.74 Å². The normalized spacial score (nSPS) is 27.3. The van der Waals surface area contributed by atoms with Gasteiger partial charge in [-0.2, -0.15) is 0 Å². The number of methoxy groups -OCH3 is 1. The van der Waals surface area contributed by atoms with E-state index in [1.807, 2.05) is 14.0 Å². The first-order valence-electron chi connectivity index (χ1n) is 6.80. The summed E-state index contributed by atoms with van der Waals surface area (Å²) in [6.45, 7) is 4.27. The Hall–Kier alpha value is -0.680. The molecule has 0 saturated heterocycles. The monoisotopic (exact) mass is 327 g/mol. The van der Waals surface area contributed by atoms with Crippen molar-refractivity contribution in [1.82, 2.24) is 9.97 Å². The summed E-state index contributed by atoms with van der Waals surface area (Å²) in [5.74, 6) is 2.29. The van der Waals surface area contributed by atoms with E-state index >= 15 is 0 Å². The van der Waals surface area contributed by atoms with Crippen molar-refractivity contribution in [2.45, 2.75) is 45.1 Å². The standard InChI is InChI=1S/C14H22BrN3O/c1-9-6-5-7-14(8-9,19-4)13-17-10(2)11(15)12(16-3)18-13/h9H,5-8H2,1-4H3,(H,16,17,18). The van der Waals surface area contributed by atoms with Crippen LogP contribution in [0.3, 0.4) is 0 Å². The first kappa shape index (κ1) is 14.7. The highest BCUT2D eigenvalue weighted by atomic mass is 79.9. The van der Waals surface area contributed by atoms with Crippen molar-refractivity contribution >= 4 is 21.7 Å². The van der Waals surface area contributed by atoms with E-state index in [0.717, 1.165) is 34.7 Å². The van der Waals surface area contributed by atoms with Gasteiger partial charge in [0.25, 0.3) is 0 Å². The summed E-state index contributed by atoms with van der Waals surface area (Å²) in [5, 5.41) is 3.11. The molecule has 1 aromatic rings. The first-order valence-corrected chi connectivity index (χ1v) is 7.59. The molecule has 0 radical (unpaired) electrons. The number of aryl methyl sites for hydroxylation is 1. The van der Waals surface area contributed by atoms with E-state index in [2.05, 4.69) is 38.1 Å². The minimum absolute atomic E-state index is 0.325. The molecule has 1 heterocycles. The van der Waals surface area contributed by atoms with E-state index in [4.69, 9.17) is 4.74 Å². The van der Waals surface area contributed by atoms with Crippen LogP contribution in [0.4, 0.5) is 5.82 Å². The van der Waals surface area contributed by atoms with E-state index < -0.39 is 0 Å². The molecule has 1 aliphatic carbocycles. The molecule has 1 N–H and O–H groups in total. The summed E-state index contributed by atoms with van der Waals surface area (Å²) in [5.41, 5.74) is 0.623. The molecule has 0 aliphatic heterocycles. The van der Waals surface area contributed by atoms with Crippen molar-refractivity contribution in [2.24, 2.45) is 5.92 Å². The van der Waals surface area contributed by atoms with E-state index in [9.17, 15) is 0 Å². The maximum atomic E-state index is 5.86.